The molecule has 26 heavy (non-hydrogen) atoms. The maximum absolute atomic E-state index is 12.4. The van der Waals surface area contributed by atoms with Gasteiger partial charge in [0.25, 0.3) is 5.91 Å². The van der Waals surface area contributed by atoms with Gasteiger partial charge in [-0.2, -0.15) is 0 Å². The molecule has 2 heterocycles. The second kappa shape index (κ2) is 8.14. The summed E-state index contributed by atoms with van der Waals surface area (Å²) in [5.41, 5.74) is 0.324. The van der Waals surface area contributed by atoms with Crippen LogP contribution in [0.2, 0.25) is 0 Å². The molecule has 1 aromatic heterocycles. The smallest absolute Gasteiger partial charge is 0.257 e. The van der Waals surface area contributed by atoms with E-state index in [1.807, 2.05) is 13.0 Å². The van der Waals surface area contributed by atoms with Crippen LogP contribution in [0.3, 0.4) is 0 Å². The van der Waals surface area contributed by atoms with Crippen LogP contribution in [0.1, 0.15) is 23.7 Å². The average molecular weight is 357 g/mol. The van der Waals surface area contributed by atoms with Crippen LogP contribution in [-0.4, -0.2) is 54.5 Å². The molecule has 2 amide bonds. The van der Waals surface area contributed by atoms with Gasteiger partial charge < -0.3 is 19.9 Å². The van der Waals surface area contributed by atoms with Gasteiger partial charge in [0.15, 0.2) is 0 Å². The van der Waals surface area contributed by atoms with Gasteiger partial charge in [0.1, 0.15) is 5.56 Å². The quantitative estimate of drug-likeness (QED) is 0.811. The molecular weight excluding hydrogens is 334 g/mol. The minimum Gasteiger partial charge on any atom is -0.381 e. The van der Waals surface area contributed by atoms with Crippen LogP contribution >= 0.6 is 0 Å². The highest BCUT2D eigenvalue weighted by molar-refractivity contribution is 5.98. The minimum absolute atomic E-state index is 0.00346. The van der Waals surface area contributed by atoms with Gasteiger partial charge in [-0.1, -0.05) is 12.1 Å². The largest absolute Gasteiger partial charge is 0.381 e. The number of carbonyl (C=O) groups is 2. The van der Waals surface area contributed by atoms with Gasteiger partial charge in [0.2, 0.25) is 11.3 Å². The van der Waals surface area contributed by atoms with Gasteiger partial charge in [0, 0.05) is 42.7 Å². The van der Waals surface area contributed by atoms with Crippen molar-refractivity contribution in [2.24, 2.45) is 5.92 Å². The maximum Gasteiger partial charge on any atom is 0.257 e. The van der Waals surface area contributed by atoms with Crippen molar-refractivity contribution in [1.29, 1.82) is 0 Å². The normalized spacial score (nSPS) is 16.6. The first-order valence-corrected chi connectivity index (χ1v) is 8.84. The summed E-state index contributed by atoms with van der Waals surface area (Å²) in [5.74, 6) is -0.367. The summed E-state index contributed by atoms with van der Waals surface area (Å²) in [5, 5.41) is 3.01. The van der Waals surface area contributed by atoms with Gasteiger partial charge in [-0.3, -0.25) is 14.4 Å². The summed E-state index contributed by atoms with van der Waals surface area (Å²) in [6, 6.07) is 6.99. The fraction of sp³-hybridized carbons (Fsp3) is 0.421. The highest BCUT2D eigenvalue weighted by Crippen LogP contribution is 2.14. The fourth-order valence-corrected chi connectivity index (χ4v) is 3.15. The zero-order valence-corrected chi connectivity index (χ0v) is 14.8. The van der Waals surface area contributed by atoms with Crippen molar-refractivity contribution < 1.29 is 14.3 Å². The predicted molar refractivity (Wildman–Crippen MR) is 98.1 cm³/mol. The second-order valence-corrected chi connectivity index (χ2v) is 6.42. The highest BCUT2D eigenvalue weighted by atomic mass is 16.5. The Morgan fingerprint density at radius 2 is 2.15 bits per heavy atom. The van der Waals surface area contributed by atoms with Crippen LogP contribution in [0.4, 0.5) is 0 Å². The van der Waals surface area contributed by atoms with Crippen molar-refractivity contribution >= 4 is 22.7 Å². The Labute approximate surface area is 151 Å². The Bertz CT molecular complexity index is 855. The standard InChI is InChI=1S/C19H23N3O4/c1-2-22(11-13-7-8-26-12-13)17(23)10-21-19(25)15-9-20-16-6-4-3-5-14(16)18(15)24/h3-6,9,13H,2,7-8,10-12H2,1H3,(H,20,24)(H,21,25)/t13-/m0/s1. The van der Waals surface area contributed by atoms with Crippen molar-refractivity contribution in [2.75, 3.05) is 32.8 Å². The van der Waals surface area contributed by atoms with E-state index in [9.17, 15) is 14.4 Å². The number of H-pyrrole nitrogens is 1. The number of pyridine rings is 1. The molecule has 7 heteroatoms. The number of nitrogens with zero attached hydrogens (tertiary/aromatic N) is 1. The zero-order valence-electron chi connectivity index (χ0n) is 14.8. The molecule has 1 saturated heterocycles. The monoisotopic (exact) mass is 357 g/mol. The molecule has 2 N–H and O–H groups in total. The van der Waals surface area contributed by atoms with E-state index in [0.717, 1.165) is 13.0 Å². The summed E-state index contributed by atoms with van der Waals surface area (Å²) >= 11 is 0. The van der Waals surface area contributed by atoms with Gasteiger partial charge >= 0.3 is 0 Å². The number of aromatic nitrogens is 1. The lowest BCUT2D eigenvalue weighted by Gasteiger charge is -2.23. The van der Waals surface area contributed by atoms with Gasteiger partial charge in [-0.15, -0.1) is 0 Å². The van der Waals surface area contributed by atoms with Crippen LogP contribution in [0.15, 0.2) is 35.3 Å². The zero-order chi connectivity index (χ0) is 18.5. The Kier molecular flexibility index (Phi) is 5.68. The predicted octanol–water partition coefficient (Wildman–Crippen LogP) is 1.14. The third-order valence-corrected chi connectivity index (χ3v) is 4.67. The average Bonchev–Trinajstić information content (AvgIpc) is 3.17. The van der Waals surface area contributed by atoms with Gasteiger partial charge in [0.05, 0.1) is 13.2 Å². The Hall–Kier alpha value is -2.67. The van der Waals surface area contributed by atoms with Crippen LogP contribution in [0, 0.1) is 5.92 Å². The lowest BCUT2D eigenvalue weighted by molar-refractivity contribution is -0.130. The first-order chi connectivity index (χ1) is 12.6. The molecule has 0 spiro atoms. The Balaban J connectivity index is 1.63. The molecular formula is C19H23N3O4. The van der Waals surface area contributed by atoms with Crippen molar-refractivity contribution in [1.82, 2.24) is 15.2 Å². The summed E-state index contributed by atoms with van der Waals surface area (Å²) in [4.78, 5) is 41.8. The molecule has 1 atom stereocenters. The van der Waals surface area contributed by atoms with E-state index >= 15 is 0 Å². The third-order valence-electron chi connectivity index (χ3n) is 4.67. The number of hydrogen-bond donors (Lipinski definition) is 2. The fourth-order valence-electron chi connectivity index (χ4n) is 3.15. The van der Waals surface area contributed by atoms with Crippen molar-refractivity contribution in [2.45, 2.75) is 13.3 Å². The number of likely N-dealkylation sites (N-methyl/N-ethyl adjacent to an activating group) is 1. The van der Waals surface area contributed by atoms with Gasteiger partial charge in [-0.05, 0) is 25.5 Å². The number of aromatic amines is 1. The molecule has 7 nitrogen and oxygen atoms in total. The lowest BCUT2D eigenvalue weighted by Crippen LogP contribution is -2.43. The molecule has 2 aromatic rings. The molecule has 0 unspecified atom stereocenters. The summed E-state index contributed by atoms with van der Waals surface area (Å²) < 4.78 is 5.34. The van der Waals surface area contributed by atoms with Crippen molar-refractivity contribution in [3.63, 3.8) is 0 Å². The van der Waals surface area contributed by atoms with E-state index < -0.39 is 5.91 Å². The number of fused-ring (bicyclic) bond motifs is 1. The molecule has 0 radical (unpaired) electrons. The summed E-state index contributed by atoms with van der Waals surface area (Å²) in [7, 11) is 0. The van der Waals surface area contributed by atoms with Crippen LogP contribution < -0.4 is 10.7 Å². The van der Waals surface area contributed by atoms with Crippen molar-refractivity contribution in [3.8, 4) is 0 Å². The third kappa shape index (κ3) is 3.94. The first-order valence-electron chi connectivity index (χ1n) is 8.84. The van der Waals surface area contributed by atoms with Crippen LogP contribution in [-0.2, 0) is 9.53 Å². The van der Waals surface area contributed by atoms with E-state index in [2.05, 4.69) is 10.3 Å². The first kappa shape index (κ1) is 18.1. The second-order valence-electron chi connectivity index (χ2n) is 6.42. The molecule has 0 aliphatic carbocycles. The molecule has 1 aromatic carbocycles. The number of rotatable bonds is 6. The number of carbonyl (C=O) groups excluding carboxylic acids is 2. The number of ether oxygens (including phenoxy) is 1. The number of para-hydroxylation sites is 1. The minimum atomic E-state index is -0.550. The van der Waals surface area contributed by atoms with E-state index in [1.165, 1.54) is 6.20 Å². The number of amides is 2. The Morgan fingerprint density at radius 1 is 1.35 bits per heavy atom. The van der Waals surface area contributed by atoms with E-state index in [-0.39, 0.29) is 23.4 Å². The highest BCUT2D eigenvalue weighted by Gasteiger charge is 2.22. The van der Waals surface area contributed by atoms with Gasteiger partial charge in [-0.25, -0.2) is 0 Å². The topological polar surface area (TPSA) is 91.5 Å². The number of benzene rings is 1. The SMILES string of the molecule is CCN(C[C@@H]1CCOC1)C(=O)CNC(=O)c1c[nH]c2ccccc2c1=O. The lowest BCUT2D eigenvalue weighted by atomic mass is 10.1. The maximum atomic E-state index is 12.4. The molecule has 0 saturated carbocycles. The number of hydrogen-bond acceptors (Lipinski definition) is 4. The van der Waals surface area contributed by atoms with Crippen molar-refractivity contribution in [3.05, 3.63) is 46.2 Å². The molecule has 138 valence electrons. The summed E-state index contributed by atoms with van der Waals surface area (Å²) in [6.45, 7) is 4.38. The van der Waals surface area contributed by atoms with E-state index in [0.29, 0.717) is 36.5 Å². The van der Waals surface area contributed by atoms with E-state index in [1.54, 1.807) is 23.1 Å². The molecule has 0 bridgehead atoms. The molecule has 1 fully saturated rings. The number of nitrogens with one attached hydrogen (secondary N) is 2. The van der Waals surface area contributed by atoms with E-state index in [4.69, 9.17) is 4.74 Å². The summed E-state index contributed by atoms with van der Waals surface area (Å²) in [6.07, 6.45) is 2.33. The molecule has 1 aliphatic heterocycles. The van der Waals surface area contributed by atoms with Crippen LogP contribution in [0.25, 0.3) is 10.9 Å². The molecule has 3 rings (SSSR count). The Morgan fingerprint density at radius 3 is 2.88 bits per heavy atom. The van der Waals surface area contributed by atoms with Crippen LogP contribution in [0.5, 0.6) is 0 Å². The molecule has 1 aliphatic rings.